The number of cyclic esters (lactones) is 1. The SMILES string of the molecule is CCC1[C@@H](Cc2ccc(OC)cc2)CCC[C@H](N(COC)C(=O)OC(C)(C)C)C(=O)O[C@H]1C. The van der Waals surface area contributed by atoms with Crippen LogP contribution in [0, 0.1) is 11.8 Å². The lowest BCUT2D eigenvalue weighted by molar-refractivity contribution is -0.159. The van der Waals surface area contributed by atoms with Gasteiger partial charge in [0.1, 0.15) is 30.2 Å². The summed E-state index contributed by atoms with van der Waals surface area (Å²) in [5.74, 6) is 1.04. The van der Waals surface area contributed by atoms with Crippen molar-refractivity contribution in [3.05, 3.63) is 29.8 Å². The van der Waals surface area contributed by atoms with Crippen molar-refractivity contribution in [1.82, 2.24) is 4.90 Å². The molecule has 0 saturated carbocycles. The van der Waals surface area contributed by atoms with Crippen LogP contribution in [0.15, 0.2) is 24.3 Å². The molecule has 1 fully saturated rings. The Morgan fingerprint density at radius 1 is 1.15 bits per heavy atom. The van der Waals surface area contributed by atoms with Crippen molar-refractivity contribution in [1.29, 1.82) is 0 Å². The molecule has 1 heterocycles. The Labute approximate surface area is 198 Å². The van der Waals surface area contributed by atoms with Crippen LogP contribution in [0.25, 0.3) is 0 Å². The van der Waals surface area contributed by atoms with Crippen molar-refractivity contribution in [3.8, 4) is 5.75 Å². The highest BCUT2D eigenvalue weighted by molar-refractivity contribution is 5.81. The summed E-state index contributed by atoms with van der Waals surface area (Å²) in [6.07, 6.45) is 3.24. The van der Waals surface area contributed by atoms with Crippen LogP contribution in [0.2, 0.25) is 0 Å². The smallest absolute Gasteiger partial charge is 0.412 e. The van der Waals surface area contributed by atoms with Gasteiger partial charge in [0, 0.05) is 7.11 Å². The number of esters is 1. The van der Waals surface area contributed by atoms with Crippen LogP contribution in [-0.2, 0) is 25.4 Å². The van der Waals surface area contributed by atoms with Gasteiger partial charge in [0.05, 0.1) is 7.11 Å². The first-order chi connectivity index (χ1) is 15.6. The van der Waals surface area contributed by atoms with Gasteiger partial charge in [-0.3, -0.25) is 4.90 Å². The van der Waals surface area contributed by atoms with Gasteiger partial charge in [0.15, 0.2) is 0 Å². The van der Waals surface area contributed by atoms with Gasteiger partial charge < -0.3 is 18.9 Å². The van der Waals surface area contributed by atoms with Crippen molar-refractivity contribution >= 4 is 12.1 Å². The summed E-state index contributed by atoms with van der Waals surface area (Å²) >= 11 is 0. The van der Waals surface area contributed by atoms with Gasteiger partial charge >= 0.3 is 12.1 Å². The van der Waals surface area contributed by atoms with Gasteiger partial charge in [-0.1, -0.05) is 25.5 Å². The van der Waals surface area contributed by atoms with Crippen molar-refractivity contribution in [3.63, 3.8) is 0 Å². The quantitative estimate of drug-likeness (QED) is 0.408. The second-order valence-electron chi connectivity index (χ2n) is 9.84. The minimum Gasteiger partial charge on any atom is -0.497 e. The van der Waals surface area contributed by atoms with Crippen LogP contribution in [-0.4, -0.2) is 55.7 Å². The monoisotopic (exact) mass is 463 g/mol. The minimum atomic E-state index is -0.737. The summed E-state index contributed by atoms with van der Waals surface area (Å²) in [5, 5.41) is 0. The number of hydrogen-bond acceptors (Lipinski definition) is 6. The second-order valence-corrected chi connectivity index (χ2v) is 9.84. The molecule has 2 rings (SSSR count). The van der Waals surface area contributed by atoms with Gasteiger partial charge in [-0.2, -0.15) is 0 Å². The summed E-state index contributed by atoms with van der Waals surface area (Å²) < 4.78 is 22.0. The van der Waals surface area contributed by atoms with Crippen LogP contribution in [0.1, 0.15) is 65.9 Å². The average molecular weight is 464 g/mol. The van der Waals surface area contributed by atoms with E-state index in [0.717, 1.165) is 31.4 Å². The first-order valence-corrected chi connectivity index (χ1v) is 11.9. The Kier molecular flexibility index (Phi) is 10.0. The van der Waals surface area contributed by atoms with E-state index in [9.17, 15) is 9.59 Å². The third-order valence-corrected chi connectivity index (χ3v) is 6.24. The molecular weight excluding hydrogens is 422 g/mol. The predicted molar refractivity (Wildman–Crippen MR) is 127 cm³/mol. The van der Waals surface area contributed by atoms with Crippen molar-refractivity contribution in [2.45, 2.75) is 84.5 Å². The van der Waals surface area contributed by atoms with Crippen LogP contribution in [0.4, 0.5) is 4.79 Å². The van der Waals surface area contributed by atoms with E-state index in [1.165, 1.54) is 17.6 Å². The molecule has 0 radical (unpaired) electrons. The van der Waals surface area contributed by atoms with E-state index in [1.54, 1.807) is 27.9 Å². The molecule has 0 aliphatic carbocycles. The Morgan fingerprint density at radius 3 is 2.36 bits per heavy atom. The summed E-state index contributed by atoms with van der Waals surface area (Å²) in [6.45, 7) is 9.47. The number of ether oxygens (including phenoxy) is 4. The fraction of sp³-hybridized carbons (Fsp3) is 0.692. The zero-order chi connectivity index (χ0) is 24.6. The molecule has 7 heteroatoms. The molecule has 1 saturated heterocycles. The molecule has 33 heavy (non-hydrogen) atoms. The average Bonchev–Trinajstić information content (AvgIpc) is 2.79. The number of methoxy groups -OCH3 is 2. The van der Waals surface area contributed by atoms with Gasteiger partial charge in [-0.15, -0.1) is 0 Å². The lowest BCUT2D eigenvalue weighted by Gasteiger charge is -2.33. The van der Waals surface area contributed by atoms with Crippen LogP contribution < -0.4 is 4.74 Å². The molecule has 186 valence electrons. The van der Waals surface area contributed by atoms with Gasteiger partial charge in [0.2, 0.25) is 0 Å². The summed E-state index contributed by atoms with van der Waals surface area (Å²) in [5.41, 5.74) is 0.568. The zero-order valence-corrected chi connectivity index (χ0v) is 21.3. The number of hydrogen-bond donors (Lipinski definition) is 0. The highest BCUT2D eigenvalue weighted by Crippen LogP contribution is 2.33. The fourth-order valence-corrected chi connectivity index (χ4v) is 4.63. The summed E-state index contributed by atoms with van der Waals surface area (Å²) in [4.78, 5) is 27.4. The van der Waals surface area contributed by atoms with E-state index in [1.807, 2.05) is 19.1 Å². The molecule has 1 aromatic carbocycles. The van der Waals surface area contributed by atoms with E-state index >= 15 is 0 Å². The Hall–Kier alpha value is -2.28. The molecule has 0 aromatic heterocycles. The molecule has 1 aliphatic rings. The van der Waals surface area contributed by atoms with E-state index in [4.69, 9.17) is 18.9 Å². The third-order valence-electron chi connectivity index (χ3n) is 6.24. The van der Waals surface area contributed by atoms with Gasteiger partial charge in [-0.25, -0.2) is 9.59 Å². The summed E-state index contributed by atoms with van der Waals surface area (Å²) in [7, 11) is 3.16. The highest BCUT2D eigenvalue weighted by Gasteiger charge is 2.38. The second kappa shape index (κ2) is 12.3. The van der Waals surface area contributed by atoms with Crippen molar-refractivity contribution < 1.29 is 28.5 Å². The normalized spacial score (nSPS) is 24.2. The minimum absolute atomic E-state index is 0.0322. The highest BCUT2D eigenvalue weighted by atomic mass is 16.6. The lowest BCUT2D eigenvalue weighted by Crippen LogP contribution is -2.49. The zero-order valence-electron chi connectivity index (χ0n) is 21.3. The van der Waals surface area contributed by atoms with Crippen molar-refractivity contribution in [2.75, 3.05) is 21.0 Å². The number of nitrogens with zero attached hydrogens (tertiary/aromatic N) is 1. The topological polar surface area (TPSA) is 74.3 Å². The number of carbonyl (C=O) groups is 2. The molecule has 0 N–H and O–H groups in total. The maximum Gasteiger partial charge on any atom is 0.412 e. The largest absolute Gasteiger partial charge is 0.497 e. The van der Waals surface area contributed by atoms with E-state index in [2.05, 4.69) is 19.1 Å². The Bertz CT molecular complexity index is 757. The molecule has 1 aromatic rings. The molecule has 1 unspecified atom stereocenters. The number of carbonyl (C=O) groups excluding carboxylic acids is 2. The molecule has 0 spiro atoms. The standard InChI is InChI=1S/C26H41NO6/c1-8-22-18(2)32-24(28)23(27(17-30-6)25(29)33-26(3,4)5)11-9-10-20(22)16-19-12-14-21(31-7)15-13-19/h12-15,18,20,22-23H,8-11,16-17H2,1-7H3/t18-,20+,22?,23-/m0/s1. The van der Waals surface area contributed by atoms with Crippen LogP contribution >= 0.6 is 0 Å². The van der Waals surface area contributed by atoms with E-state index < -0.39 is 23.7 Å². The number of rotatable bonds is 7. The van der Waals surface area contributed by atoms with Crippen LogP contribution in [0.3, 0.4) is 0 Å². The molecule has 1 aliphatic heterocycles. The Morgan fingerprint density at radius 2 is 1.82 bits per heavy atom. The first kappa shape index (κ1) is 27.0. The maximum absolute atomic E-state index is 13.2. The lowest BCUT2D eigenvalue weighted by atomic mass is 9.79. The molecule has 0 bridgehead atoms. The predicted octanol–water partition coefficient (Wildman–Crippen LogP) is 5.21. The van der Waals surface area contributed by atoms with Crippen LogP contribution in [0.5, 0.6) is 5.75 Å². The molecule has 4 atom stereocenters. The van der Waals surface area contributed by atoms with E-state index in [0.29, 0.717) is 12.3 Å². The van der Waals surface area contributed by atoms with Gasteiger partial charge in [-0.05, 0) is 82.9 Å². The number of benzene rings is 1. The third kappa shape index (κ3) is 7.91. The fourth-order valence-electron chi connectivity index (χ4n) is 4.63. The number of amides is 1. The van der Waals surface area contributed by atoms with Crippen molar-refractivity contribution in [2.24, 2.45) is 11.8 Å². The van der Waals surface area contributed by atoms with E-state index in [-0.39, 0.29) is 18.8 Å². The molecule has 1 amide bonds. The van der Waals surface area contributed by atoms with Gasteiger partial charge in [0.25, 0.3) is 0 Å². The molecular formula is C26H41NO6. The first-order valence-electron chi connectivity index (χ1n) is 11.9. The molecule has 7 nitrogen and oxygen atoms in total. The maximum atomic E-state index is 13.2. The Balaban J connectivity index is 2.22. The summed E-state index contributed by atoms with van der Waals surface area (Å²) in [6, 6.07) is 7.42.